The van der Waals surface area contributed by atoms with Gasteiger partial charge in [0.1, 0.15) is 24.6 Å². The first kappa shape index (κ1) is 28.7. The van der Waals surface area contributed by atoms with E-state index in [2.05, 4.69) is 13.0 Å². The van der Waals surface area contributed by atoms with Crippen LogP contribution in [0.25, 0.3) is 0 Å². The molecule has 0 radical (unpaired) electrons. The molecule has 196 valence electrons. The Morgan fingerprint density at radius 3 is 2.53 bits per heavy atom. The SMILES string of the molecule is COC1C(C)OC(OC[C@@]23CC4C(C)CCC4[C@@]4(C=O)CC2C=C(C(C)C)[C@@]34C(=O)[O-])C(O)C1O.[Na+]. The first-order valence-electron chi connectivity index (χ1n) is 13.1. The molecule has 1 heterocycles. The predicted molar refractivity (Wildman–Crippen MR) is 122 cm³/mol. The molecule has 9 heteroatoms. The molecule has 5 rings (SSSR count). The van der Waals surface area contributed by atoms with Crippen LogP contribution in [0.15, 0.2) is 11.6 Å². The summed E-state index contributed by atoms with van der Waals surface area (Å²) in [5.41, 5.74) is -2.57. The first-order chi connectivity index (χ1) is 16.5. The summed E-state index contributed by atoms with van der Waals surface area (Å²) in [6.45, 7) is 7.89. The average molecular weight is 515 g/mol. The molecule has 4 bridgehead atoms. The molecule has 36 heavy (non-hydrogen) atoms. The van der Waals surface area contributed by atoms with E-state index in [0.29, 0.717) is 18.8 Å². The van der Waals surface area contributed by atoms with Crippen LogP contribution in [0.1, 0.15) is 53.4 Å². The normalized spacial score (nSPS) is 51.0. The fraction of sp³-hybridized carbons (Fsp3) is 0.852. The van der Waals surface area contributed by atoms with Crippen LogP contribution in [0.5, 0.6) is 0 Å². The van der Waals surface area contributed by atoms with Crippen LogP contribution in [0.4, 0.5) is 0 Å². The molecule has 1 aliphatic heterocycles. The van der Waals surface area contributed by atoms with E-state index >= 15 is 0 Å². The summed E-state index contributed by atoms with van der Waals surface area (Å²) in [6.07, 6.45) is 1.05. The molecule has 3 saturated carbocycles. The molecule has 5 aliphatic rings. The standard InChI is InChI=1S/C27H40O8.Na/c1-13(2)19-8-16-9-25(11-28)18-7-6-14(3)17(18)10-26(16,27(19,25)24(31)32)12-34-23-21(30)20(29)22(33-5)15(4)35-23;/h8,11,13-18,20-23,29-30H,6-7,9-10,12H2,1-5H3,(H,31,32);/q;+1/p-1/t14?,15?,16?,17?,18?,20?,21?,22?,23?,25-,26-,27-;/m0./s1. The number of carboxylic acid groups (broad SMARTS) is 1. The van der Waals surface area contributed by atoms with Crippen LogP contribution < -0.4 is 34.7 Å². The van der Waals surface area contributed by atoms with Gasteiger partial charge in [-0.15, -0.1) is 0 Å². The van der Waals surface area contributed by atoms with Gasteiger partial charge in [-0.25, -0.2) is 0 Å². The van der Waals surface area contributed by atoms with Crippen molar-refractivity contribution in [1.82, 2.24) is 0 Å². The monoisotopic (exact) mass is 514 g/mol. The second kappa shape index (κ2) is 9.70. The molecule has 0 amide bonds. The van der Waals surface area contributed by atoms with Crippen molar-refractivity contribution in [3.05, 3.63) is 11.6 Å². The molecular weight excluding hydrogens is 475 g/mol. The number of aliphatic carboxylic acids is 1. The summed E-state index contributed by atoms with van der Waals surface area (Å²) >= 11 is 0. The number of fused-ring (bicyclic) bond motifs is 2. The van der Waals surface area contributed by atoms with Crippen molar-refractivity contribution in [3.8, 4) is 0 Å². The molecule has 4 aliphatic carbocycles. The number of hydrogen-bond donors (Lipinski definition) is 2. The van der Waals surface area contributed by atoms with Crippen molar-refractivity contribution in [2.45, 2.75) is 84.1 Å². The Balaban J connectivity index is 0.00000304. The Morgan fingerprint density at radius 2 is 1.94 bits per heavy atom. The molecule has 12 atom stereocenters. The maximum absolute atomic E-state index is 13.3. The number of carbonyl (C=O) groups excluding carboxylic acids is 2. The average Bonchev–Trinajstić information content (AvgIpc) is 3.38. The summed E-state index contributed by atoms with van der Waals surface area (Å²) in [6, 6.07) is 0. The van der Waals surface area contributed by atoms with E-state index in [1.807, 2.05) is 13.8 Å². The van der Waals surface area contributed by atoms with Crippen LogP contribution in [-0.2, 0) is 23.8 Å². The number of aldehydes is 1. The van der Waals surface area contributed by atoms with Gasteiger partial charge in [0.05, 0.1) is 24.1 Å². The van der Waals surface area contributed by atoms with Crippen molar-refractivity contribution >= 4 is 12.3 Å². The van der Waals surface area contributed by atoms with Gasteiger partial charge in [-0.2, -0.15) is 0 Å². The van der Waals surface area contributed by atoms with Crippen LogP contribution in [0, 0.1) is 45.8 Å². The van der Waals surface area contributed by atoms with Crippen molar-refractivity contribution in [2.24, 2.45) is 45.8 Å². The quantitative estimate of drug-likeness (QED) is 0.229. The summed E-state index contributed by atoms with van der Waals surface area (Å²) in [5, 5.41) is 34.6. The van der Waals surface area contributed by atoms with Crippen LogP contribution in [0.2, 0.25) is 0 Å². The minimum atomic E-state index is -1.45. The van der Waals surface area contributed by atoms with Crippen molar-refractivity contribution in [1.29, 1.82) is 0 Å². The molecule has 8 nitrogen and oxygen atoms in total. The summed E-state index contributed by atoms with van der Waals surface area (Å²) < 4.78 is 17.4. The topological polar surface area (TPSA) is 125 Å². The minimum Gasteiger partial charge on any atom is -0.549 e. The number of aliphatic hydroxyl groups excluding tert-OH is 2. The van der Waals surface area contributed by atoms with Crippen LogP contribution in [-0.4, -0.2) is 66.9 Å². The number of allylic oxidation sites excluding steroid dienone is 1. The van der Waals surface area contributed by atoms with E-state index in [4.69, 9.17) is 14.2 Å². The van der Waals surface area contributed by atoms with E-state index in [-0.39, 0.29) is 59.8 Å². The Morgan fingerprint density at radius 1 is 1.25 bits per heavy atom. The van der Waals surface area contributed by atoms with Crippen molar-refractivity contribution < 1.29 is 68.7 Å². The van der Waals surface area contributed by atoms with Gasteiger partial charge in [-0.3, -0.25) is 0 Å². The number of aliphatic hydroxyl groups is 2. The third kappa shape index (κ3) is 3.35. The molecule has 0 spiro atoms. The van der Waals surface area contributed by atoms with E-state index in [1.165, 1.54) is 7.11 Å². The third-order valence-corrected chi connectivity index (χ3v) is 10.7. The van der Waals surface area contributed by atoms with Gasteiger partial charge < -0.3 is 39.1 Å². The predicted octanol–water partition coefficient (Wildman–Crippen LogP) is -1.92. The van der Waals surface area contributed by atoms with E-state index in [1.54, 1.807) is 6.92 Å². The van der Waals surface area contributed by atoms with Crippen LogP contribution in [0.3, 0.4) is 0 Å². The van der Waals surface area contributed by atoms with Gasteiger partial charge in [-0.1, -0.05) is 38.8 Å². The molecule has 0 aromatic rings. The summed E-state index contributed by atoms with van der Waals surface area (Å²) in [5.74, 6) is -0.776. The van der Waals surface area contributed by atoms with Crippen molar-refractivity contribution in [2.75, 3.05) is 13.7 Å². The molecule has 1 saturated heterocycles. The number of carboxylic acids is 1. The summed E-state index contributed by atoms with van der Waals surface area (Å²) in [7, 11) is 1.44. The Kier molecular flexibility index (Phi) is 7.73. The van der Waals surface area contributed by atoms with Gasteiger partial charge in [0.15, 0.2) is 6.29 Å². The van der Waals surface area contributed by atoms with Gasteiger partial charge in [-0.05, 0) is 55.8 Å². The van der Waals surface area contributed by atoms with E-state index in [9.17, 15) is 24.9 Å². The van der Waals surface area contributed by atoms with Crippen molar-refractivity contribution in [3.63, 3.8) is 0 Å². The second-order valence-electron chi connectivity index (χ2n) is 12.2. The smallest absolute Gasteiger partial charge is 0.549 e. The van der Waals surface area contributed by atoms with E-state index < -0.39 is 52.9 Å². The number of carbonyl (C=O) groups is 2. The molecule has 0 aromatic carbocycles. The van der Waals surface area contributed by atoms with Crippen LogP contribution >= 0.6 is 0 Å². The second-order valence-corrected chi connectivity index (χ2v) is 12.2. The molecular formula is C27H39NaO8. The zero-order valence-electron chi connectivity index (χ0n) is 22.3. The molecule has 4 fully saturated rings. The number of ether oxygens (including phenoxy) is 3. The third-order valence-electron chi connectivity index (χ3n) is 10.7. The van der Waals surface area contributed by atoms with Gasteiger partial charge >= 0.3 is 29.6 Å². The van der Waals surface area contributed by atoms with Gasteiger partial charge in [0.25, 0.3) is 0 Å². The zero-order valence-corrected chi connectivity index (χ0v) is 24.3. The Labute approximate surface area is 235 Å². The number of rotatable bonds is 7. The maximum Gasteiger partial charge on any atom is 1.00 e. The fourth-order valence-corrected chi connectivity index (χ4v) is 9.31. The van der Waals surface area contributed by atoms with E-state index in [0.717, 1.165) is 24.7 Å². The largest absolute Gasteiger partial charge is 1.00 e. The number of methoxy groups -OCH3 is 1. The molecule has 2 N–H and O–H groups in total. The number of hydrogen-bond acceptors (Lipinski definition) is 8. The van der Waals surface area contributed by atoms with Gasteiger partial charge in [0, 0.05) is 17.9 Å². The Bertz CT molecular complexity index is 923. The molecule has 0 aromatic heterocycles. The maximum atomic E-state index is 13.3. The fourth-order valence-electron chi connectivity index (χ4n) is 9.31. The van der Waals surface area contributed by atoms with Gasteiger partial charge in [0.2, 0.25) is 0 Å². The zero-order chi connectivity index (χ0) is 25.5. The first-order valence-corrected chi connectivity index (χ1v) is 13.1. The Hall–Kier alpha value is -0.320. The minimum absolute atomic E-state index is 0. The molecule has 9 unspecified atom stereocenters. The summed E-state index contributed by atoms with van der Waals surface area (Å²) in [4.78, 5) is 26.4.